The number of Topliss-reactive ketones (excluding diaryl/α,β-unsaturated/α-hetero) is 1. The Morgan fingerprint density at radius 1 is 1.38 bits per heavy atom. The minimum Gasteiger partial charge on any atom is -0.298 e. The third-order valence-electron chi connectivity index (χ3n) is 3.66. The van der Waals surface area contributed by atoms with Crippen LogP contribution in [-0.2, 0) is 4.79 Å². The van der Waals surface area contributed by atoms with Crippen LogP contribution in [0.2, 0.25) is 0 Å². The molecule has 0 aromatic carbocycles. The van der Waals surface area contributed by atoms with Crippen molar-refractivity contribution >= 4 is 5.78 Å². The average Bonchev–Trinajstić information content (AvgIpc) is 2.70. The predicted octanol–water partition coefficient (Wildman–Crippen LogP) is 1.98. The molecule has 1 saturated heterocycles. The molecule has 13 heavy (non-hydrogen) atoms. The van der Waals surface area contributed by atoms with E-state index >= 15 is 0 Å². The maximum atomic E-state index is 11.8. The highest BCUT2D eigenvalue weighted by molar-refractivity contribution is 5.90. The predicted molar refractivity (Wildman–Crippen MR) is 52.7 cm³/mol. The molecule has 0 N–H and O–H groups in total. The molecule has 1 spiro atoms. The Hall–Kier alpha value is -0.370. The minimum absolute atomic E-state index is 0.00993. The molecule has 0 unspecified atom stereocenters. The lowest BCUT2D eigenvalue weighted by Crippen LogP contribution is -2.46. The normalized spacial score (nSPS) is 27.6. The number of hydrogen-bond donors (Lipinski definition) is 0. The number of ketones is 1. The molecule has 0 aromatic heterocycles. The van der Waals surface area contributed by atoms with E-state index in [4.69, 9.17) is 0 Å². The fourth-order valence-corrected chi connectivity index (χ4v) is 3.01. The molecule has 0 atom stereocenters. The van der Waals surface area contributed by atoms with Crippen LogP contribution in [-0.4, -0.2) is 29.3 Å². The van der Waals surface area contributed by atoms with Crippen molar-refractivity contribution in [2.45, 2.75) is 51.0 Å². The molecule has 1 saturated carbocycles. The van der Waals surface area contributed by atoms with Crippen LogP contribution in [0.15, 0.2) is 0 Å². The smallest absolute Gasteiger partial charge is 0.154 e. The Kier molecular flexibility index (Phi) is 2.41. The molecule has 0 bridgehead atoms. The number of nitrogens with zero attached hydrogens (tertiary/aromatic N) is 1. The summed E-state index contributed by atoms with van der Waals surface area (Å²) < 4.78 is 0. The maximum absolute atomic E-state index is 11.8. The van der Waals surface area contributed by atoms with Gasteiger partial charge in [-0.3, -0.25) is 9.69 Å². The van der Waals surface area contributed by atoms with Gasteiger partial charge in [0.25, 0.3) is 0 Å². The summed E-state index contributed by atoms with van der Waals surface area (Å²) in [6.45, 7) is 4.34. The van der Waals surface area contributed by atoms with Gasteiger partial charge in [-0.15, -0.1) is 0 Å². The van der Waals surface area contributed by atoms with E-state index in [0.29, 0.717) is 5.78 Å². The van der Waals surface area contributed by atoms with E-state index in [9.17, 15) is 4.79 Å². The van der Waals surface area contributed by atoms with Gasteiger partial charge in [-0.1, -0.05) is 19.8 Å². The Labute approximate surface area is 80.3 Å². The lowest BCUT2D eigenvalue weighted by Gasteiger charge is -2.33. The van der Waals surface area contributed by atoms with Crippen LogP contribution >= 0.6 is 0 Å². The molecule has 1 heterocycles. The van der Waals surface area contributed by atoms with Gasteiger partial charge in [-0.2, -0.15) is 0 Å². The van der Waals surface area contributed by atoms with E-state index in [1.165, 1.54) is 19.3 Å². The number of likely N-dealkylation sites (tertiary alicyclic amines) is 1. The molecule has 2 nitrogen and oxygen atoms in total. The fraction of sp³-hybridized carbons (Fsp3) is 0.909. The highest BCUT2D eigenvalue weighted by Gasteiger charge is 2.48. The quantitative estimate of drug-likeness (QED) is 0.649. The zero-order valence-electron chi connectivity index (χ0n) is 8.51. The number of hydrogen-bond acceptors (Lipinski definition) is 2. The van der Waals surface area contributed by atoms with E-state index in [1.54, 1.807) is 0 Å². The van der Waals surface area contributed by atoms with Crippen molar-refractivity contribution in [2.24, 2.45) is 0 Å². The summed E-state index contributed by atoms with van der Waals surface area (Å²) in [6, 6.07) is 0. The molecular weight excluding hydrogens is 162 g/mol. The van der Waals surface area contributed by atoms with E-state index in [1.807, 2.05) is 0 Å². The summed E-state index contributed by atoms with van der Waals surface area (Å²) in [5, 5.41) is 0. The Morgan fingerprint density at radius 2 is 2.08 bits per heavy atom. The van der Waals surface area contributed by atoms with Crippen molar-refractivity contribution in [2.75, 3.05) is 13.1 Å². The first kappa shape index (κ1) is 9.20. The Balaban J connectivity index is 2.15. The van der Waals surface area contributed by atoms with E-state index in [0.717, 1.165) is 32.4 Å². The van der Waals surface area contributed by atoms with Crippen LogP contribution in [0.5, 0.6) is 0 Å². The highest BCUT2D eigenvalue weighted by Crippen LogP contribution is 2.40. The SMILES string of the molecule is CCCN1CCC(=O)C12CCCC2. The highest BCUT2D eigenvalue weighted by atomic mass is 16.1. The second-order valence-electron chi connectivity index (χ2n) is 4.40. The lowest BCUT2D eigenvalue weighted by molar-refractivity contribution is -0.124. The molecule has 1 aliphatic heterocycles. The standard InChI is InChI=1S/C11H19NO/c1-2-8-12-9-5-10(13)11(12)6-3-4-7-11/h2-9H2,1H3. The van der Waals surface area contributed by atoms with Crippen LogP contribution < -0.4 is 0 Å². The molecule has 2 rings (SSSR count). The van der Waals surface area contributed by atoms with Gasteiger partial charge in [0.05, 0.1) is 5.54 Å². The summed E-state index contributed by atoms with van der Waals surface area (Å²) in [6.07, 6.45) is 6.75. The number of carbonyl (C=O) groups is 1. The van der Waals surface area contributed by atoms with Crippen molar-refractivity contribution in [3.63, 3.8) is 0 Å². The van der Waals surface area contributed by atoms with Gasteiger partial charge in [0.15, 0.2) is 5.78 Å². The summed E-state index contributed by atoms with van der Waals surface area (Å²) in [4.78, 5) is 14.3. The van der Waals surface area contributed by atoms with Gasteiger partial charge < -0.3 is 0 Å². The third-order valence-corrected chi connectivity index (χ3v) is 3.66. The topological polar surface area (TPSA) is 20.3 Å². The Morgan fingerprint density at radius 3 is 2.69 bits per heavy atom. The lowest BCUT2D eigenvalue weighted by atomic mass is 9.93. The minimum atomic E-state index is 0.00993. The summed E-state index contributed by atoms with van der Waals surface area (Å²) >= 11 is 0. The zero-order chi connectivity index (χ0) is 9.31. The van der Waals surface area contributed by atoms with E-state index < -0.39 is 0 Å². The third kappa shape index (κ3) is 1.32. The molecule has 2 heteroatoms. The molecule has 2 fully saturated rings. The number of carbonyl (C=O) groups excluding carboxylic acids is 1. The van der Waals surface area contributed by atoms with Gasteiger partial charge in [0, 0.05) is 13.0 Å². The van der Waals surface area contributed by atoms with Gasteiger partial charge in [-0.25, -0.2) is 0 Å². The monoisotopic (exact) mass is 181 g/mol. The van der Waals surface area contributed by atoms with Crippen molar-refractivity contribution < 1.29 is 4.79 Å². The molecule has 1 aliphatic carbocycles. The van der Waals surface area contributed by atoms with Crippen molar-refractivity contribution in [1.29, 1.82) is 0 Å². The average molecular weight is 181 g/mol. The number of rotatable bonds is 2. The van der Waals surface area contributed by atoms with E-state index in [-0.39, 0.29) is 5.54 Å². The van der Waals surface area contributed by atoms with E-state index in [2.05, 4.69) is 11.8 Å². The first-order chi connectivity index (χ1) is 6.29. The molecular formula is C11H19NO. The van der Waals surface area contributed by atoms with Gasteiger partial charge in [-0.05, 0) is 25.8 Å². The Bertz CT molecular complexity index is 206. The molecule has 0 radical (unpaired) electrons. The zero-order valence-corrected chi connectivity index (χ0v) is 8.51. The van der Waals surface area contributed by atoms with Crippen LogP contribution in [0.4, 0.5) is 0 Å². The second-order valence-corrected chi connectivity index (χ2v) is 4.40. The largest absolute Gasteiger partial charge is 0.298 e. The first-order valence-electron chi connectivity index (χ1n) is 5.58. The van der Waals surface area contributed by atoms with Crippen LogP contribution in [0, 0.1) is 0 Å². The summed E-state index contributed by atoms with van der Waals surface area (Å²) in [7, 11) is 0. The fourth-order valence-electron chi connectivity index (χ4n) is 3.01. The summed E-state index contributed by atoms with van der Waals surface area (Å²) in [5.74, 6) is 0.526. The molecule has 0 amide bonds. The first-order valence-corrected chi connectivity index (χ1v) is 5.58. The van der Waals surface area contributed by atoms with Crippen LogP contribution in [0.1, 0.15) is 45.4 Å². The molecule has 74 valence electrons. The maximum Gasteiger partial charge on any atom is 0.154 e. The van der Waals surface area contributed by atoms with Gasteiger partial charge in [0.2, 0.25) is 0 Å². The second kappa shape index (κ2) is 3.41. The summed E-state index contributed by atoms with van der Waals surface area (Å²) in [5.41, 5.74) is 0.00993. The molecule has 0 aromatic rings. The van der Waals surface area contributed by atoms with Crippen molar-refractivity contribution in [3.05, 3.63) is 0 Å². The van der Waals surface area contributed by atoms with Crippen LogP contribution in [0.25, 0.3) is 0 Å². The van der Waals surface area contributed by atoms with Crippen LogP contribution in [0.3, 0.4) is 0 Å². The molecule has 2 aliphatic rings. The van der Waals surface area contributed by atoms with Gasteiger partial charge >= 0.3 is 0 Å². The van der Waals surface area contributed by atoms with Crippen molar-refractivity contribution in [1.82, 2.24) is 4.90 Å². The van der Waals surface area contributed by atoms with Gasteiger partial charge in [0.1, 0.15) is 0 Å². The van der Waals surface area contributed by atoms with Crippen molar-refractivity contribution in [3.8, 4) is 0 Å².